The predicted molar refractivity (Wildman–Crippen MR) is 65.7 cm³/mol. The molecular formula is C11H19BrN2O. The Bertz CT molecular complexity index is 288. The molecular weight excluding hydrogens is 256 g/mol. The number of rotatable bonds is 6. The molecule has 3 nitrogen and oxygen atoms in total. The molecule has 15 heavy (non-hydrogen) atoms. The summed E-state index contributed by atoms with van der Waals surface area (Å²) in [7, 11) is 0. The van der Waals surface area contributed by atoms with Gasteiger partial charge in [0.15, 0.2) is 0 Å². The molecule has 4 heteroatoms. The van der Waals surface area contributed by atoms with Crippen LogP contribution >= 0.6 is 15.9 Å². The first-order valence-electron chi connectivity index (χ1n) is 5.41. The van der Waals surface area contributed by atoms with Gasteiger partial charge in [-0.05, 0) is 41.5 Å². The van der Waals surface area contributed by atoms with Crippen molar-refractivity contribution in [2.75, 3.05) is 19.6 Å². The molecule has 0 spiro atoms. The second-order valence-electron chi connectivity index (χ2n) is 3.51. The van der Waals surface area contributed by atoms with Crippen LogP contribution < -0.4 is 5.73 Å². The molecule has 1 aromatic heterocycles. The second kappa shape index (κ2) is 6.30. The molecule has 0 bridgehead atoms. The van der Waals surface area contributed by atoms with Gasteiger partial charge in [0.2, 0.25) is 0 Å². The number of nitrogens with two attached hydrogens (primary N) is 1. The van der Waals surface area contributed by atoms with Gasteiger partial charge in [-0.1, -0.05) is 13.8 Å². The third-order valence-electron chi connectivity index (χ3n) is 2.53. The molecule has 86 valence electrons. The number of hydrogen-bond donors (Lipinski definition) is 1. The van der Waals surface area contributed by atoms with E-state index in [1.54, 1.807) is 6.26 Å². The van der Waals surface area contributed by atoms with Crippen LogP contribution in [0.15, 0.2) is 21.2 Å². The van der Waals surface area contributed by atoms with Gasteiger partial charge in [-0.3, -0.25) is 4.90 Å². The minimum atomic E-state index is 0.180. The first kappa shape index (κ1) is 12.7. The van der Waals surface area contributed by atoms with Crippen LogP contribution in [-0.4, -0.2) is 24.5 Å². The van der Waals surface area contributed by atoms with Gasteiger partial charge in [-0.2, -0.15) is 0 Å². The Labute approximate surface area is 99.7 Å². The summed E-state index contributed by atoms with van der Waals surface area (Å²) < 4.78 is 6.48. The van der Waals surface area contributed by atoms with E-state index in [-0.39, 0.29) is 6.04 Å². The smallest absolute Gasteiger partial charge is 0.136 e. The maximum absolute atomic E-state index is 5.82. The number of likely N-dealkylation sites (N-methyl/N-ethyl adjacent to an activating group) is 1. The molecule has 1 heterocycles. The van der Waals surface area contributed by atoms with E-state index in [1.807, 2.05) is 6.07 Å². The van der Waals surface area contributed by atoms with Crippen LogP contribution in [0.1, 0.15) is 32.1 Å². The molecule has 1 unspecified atom stereocenters. The topological polar surface area (TPSA) is 42.4 Å². The van der Waals surface area contributed by atoms with Crippen molar-refractivity contribution in [2.24, 2.45) is 5.73 Å². The first-order valence-corrected chi connectivity index (χ1v) is 6.20. The minimum Gasteiger partial charge on any atom is -0.466 e. The van der Waals surface area contributed by atoms with Crippen molar-refractivity contribution in [3.05, 3.63) is 22.6 Å². The Morgan fingerprint density at radius 1 is 1.53 bits per heavy atom. The molecule has 0 radical (unpaired) electrons. The maximum atomic E-state index is 5.82. The lowest BCUT2D eigenvalue weighted by Gasteiger charge is -2.28. The lowest BCUT2D eigenvalue weighted by atomic mass is 10.2. The van der Waals surface area contributed by atoms with E-state index in [1.165, 1.54) is 0 Å². The summed E-state index contributed by atoms with van der Waals surface area (Å²) in [6, 6.07) is 2.09. The average Bonchev–Trinajstić information content (AvgIpc) is 2.65. The van der Waals surface area contributed by atoms with Crippen LogP contribution in [-0.2, 0) is 0 Å². The fourth-order valence-electron chi connectivity index (χ4n) is 1.79. The summed E-state index contributed by atoms with van der Waals surface area (Å²) in [6.07, 6.45) is 2.82. The highest BCUT2D eigenvalue weighted by molar-refractivity contribution is 9.10. The van der Waals surface area contributed by atoms with E-state index >= 15 is 0 Å². The summed E-state index contributed by atoms with van der Waals surface area (Å²) in [4.78, 5) is 2.34. The maximum Gasteiger partial charge on any atom is 0.136 e. The van der Waals surface area contributed by atoms with Crippen molar-refractivity contribution < 1.29 is 4.42 Å². The molecule has 0 amide bonds. The lowest BCUT2D eigenvalue weighted by molar-refractivity contribution is 0.188. The fourth-order valence-corrected chi connectivity index (χ4v) is 2.25. The summed E-state index contributed by atoms with van der Waals surface area (Å²) in [5, 5.41) is 0. The van der Waals surface area contributed by atoms with Gasteiger partial charge in [-0.25, -0.2) is 0 Å². The van der Waals surface area contributed by atoms with Crippen molar-refractivity contribution in [2.45, 2.75) is 26.3 Å². The lowest BCUT2D eigenvalue weighted by Crippen LogP contribution is -2.34. The number of halogens is 1. The predicted octanol–water partition coefficient (Wildman–Crippen LogP) is 2.77. The molecule has 0 aliphatic rings. The highest BCUT2D eigenvalue weighted by Gasteiger charge is 2.21. The third kappa shape index (κ3) is 3.06. The van der Waals surface area contributed by atoms with Crippen LogP contribution in [0.5, 0.6) is 0 Å². The average molecular weight is 275 g/mol. The van der Waals surface area contributed by atoms with Crippen molar-refractivity contribution >= 4 is 15.9 Å². The first-order chi connectivity index (χ1) is 7.24. The van der Waals surface area contributed by atoms with E-state index in [0.717, 1.165) is 29.7 Å². The molecule has 0 saturated carbocycles. The molecule has 1 aromatic rings. The van der Waals surface area contributed by atoms with E-state index in [0.29, 0.717) is 6.54 Å². The van der Waals surface area contributed by atoms with Crippen LogP contribution in [0.2, 0.25) is 0 Å². The van der Waals surface area contributed by atoms with Crippen molar-refractivity contribution in [1.82, 2.24) is 4.90 Å². The molecule has 0 aliphatic heterocycles. The fraction of sp³-hybridized carbons (Fsp3) is 0.636. The standard InChI is InChI=1S/C11H19BrN2O/c1-3-6-14(4-2)10(8-13)11-9(12)5-7-15-11/h5,7,10H,3-4,6,8,13H2,1-2H3. The quantitative estimate of drug-likeness (QED) is 0.868. The van der Waals surface area contributed by atoms with Gasteiger partial charge in [0.05, 0.1) is 16.8 Å². The molecule has 0 fully saturated rings. The summed E-state index contributed by atoms with van der Waals surface area (Å²) in [5.41, 5.74) is 5.82. The van der Waals surface area contributed by atoms with Gasteiger partial charge in [0.1, 0.15) is 5.76 Å². The molecule has 1 rings (SSSR count). The zero-order valence-electron chi connectivity index (χ0n) is 9.37. The van der Waals surface area contributed by atoms with Gasteiger partial charge in [0.25, 0.3) is 0 Å². The van der Waals surface area contributed by atoms with Crippen LogP contribution in [0.3, 0.4) is 0 Å². The van der Waals surface area contributed by atoms with Gasteiger partial charge in [-0.15, -0.1) is 0 Å². The Morgan fingerprint density at radius 2 is 2.27 bits per heavy atom. The van der Waals surface area contributed by atoms with E-state index in [2.05, 4.69) is 34.7 Å². The highest BCUT2D eigenvalue weighted by Crippen LogP contribution is 2.28. The van der Waals surface area contributed by atoms with E-state index in [9.17, 15) is 0 Å². The minimum absolute atomic E-state index is 0.180. The Hall–Kier alpha value is -0.320. The molecule has 0 aromatic carbocycles. The Balaban J connectivity index is 2.82. The molecule has 2 N–H and O–H groups in total. The van der Waals surface area contributed by atoms with E-state index in [4.69, 9.17) is 10.2 Å². The zero-order chi connectivity index (χ0) is 11.3. The van der Waals surface area contributed by atoms with Crippen molar-refractivity contribution in [3.63, 3.8) is 0 Å². The second-order valence-corrected chi connectivity index (χ2v) is 4.37. The van der Waals surface area contributed by atoms with Crippen molar-refractivity contribution in [3.8, 4) is 0 Å². The number of hydrogen-bond acceptors (Lipinski definition) is 3. The van der Waals surface area contributed by atoms with Gasteiger partial charge in [0, 0.05) is 6.54 Å². The largest absolute Gasteiger partial charge is 0.466 e. The van der Waals surface area contributed by atoms with Crippen LogP contribution in [0.25, 0.3) is 0 Å². The zero-order valence-corrected chi connectivity index (χ0v) is 11.0. The van der Waals surface area contributed by atoms with Crippen molar-refractivity contribution in [1.29, 1.82) is 0 Å². The van der Waals surface area contributed by atoms with Gasteiger partial charge < -0.3 is 10.2 Å². The number of nitrogens with zero attached hydrogens (tertiary/aromatic N) is 1. The van der Waals surface area contributed by atoms with Crippen LogP contribution in [0, 0.1) is 0 Å². The third-order valence-corrected chi connectivity index (χ3v) is 3.18. The summed E-state index contributed by atoms with van der Waals surface area (Å²) in [5.74, 6) is 0.938. The Kier molecular flexibility index (Phi) is 5.36. The monoisotopic (exact) mass is 274 g/mol. The number of furan rings is 1. The van der Waals surface area contributed by atoms with Gasteiger partial charge >= 0.3 is 0 Å². The molecule has 0 saturated heterocycles. The molecule has 1 atom stereocenters. The SMILES string of the molecule is CCCN(CC)C(CN)c1occc1Br. The normalized spacial score (nSPS) is 13.4. The van der Waals surface area contributed by atoms with E-state index < -0.39 is 0 Å². The summed E-state index contributed by atoms with van der Waals surface area (Å²) >= 11 is 3.48. The Morgan fingerprint density at radius 3 is 2.67 bits per heavy atom. The van der Waals surface area contributed by atoms with Crippen LogP contribution in [0.4, 0.5) is 0 Å². The highest BCUT2D eigenvalue weighted by atomic mass is 79.9. The summed E-state index contributed by atoms with van der Waals surface area (Å²) in [6.45, 7) is 6.94. The molecule has 0 aliphatic carbocycles.